The third-order valence-corrected chi connectivity index (χ3v) is 9.36. The summed E-state index contributed by atoms with van der Waals surface area (Å²) in [7, 11) is -3.13. The topological polar surface area (TPSA) is 201 Å². The number of hydrogen-bond donors (Lipinski definition) is 2. The molecule has 0 aromatic carbocycles. The highest BCUT2D eigenvalue weighted by atomic mass is 35.6. The van der Waals surface area contributed by atoms with Crippen LogP contribution in [0.15, 0.2) is 10.2 Å². The molecule has 4 N–H and O–H groups in total. The van der Waals surface area contributed by atoms with Crippen molar-refractivity contribution in [2.75, 3.05) is 13.2 Å². The molecular formula is C28H53Cl2N7O4Si2. The largest absolute Gasteiger partial charge is 0.466 e. The zero-order valence-corrected chi connectivity index (χ0v) is 31.0. The van der Waals surface area contributed by atoms with E-state index in [0.29, 0.717) is 32.5 Å². The monoisotopic (exact) mass is 677 g/mol. The molecule has 0 saturated heterocycles. The van der Waals surface area contributed by atoms with E-state index in [1.807, 2.05) is 25.1 Å². The summed E-state index contributed by atoms with van der Waals surface area (Å²) in [4.78, 5) is 22.8. The predicted octanol–water partition coefficient (Wildman–Crippen LogP) is 6.53. The third kappa shape index (κ3) is 39.9. The Bertz CT molecular complexity index is 959. The predicted molar refractivity (Wildman–Crippen MR) is 177 cm³/mol. The normalized spacial score (nSPS) is 14.2. The number of hydrogen-bond acceptors (Lipinski definition) is 11. The number of nitrogens with zero attached hydrogens (tertiary/aromatic N) is 5. The number of ether oxygens (including phenoxy) is 2. The number of carbonyl (C=O) groups is 2. The lowest BCUT2D eigenvalue weighted by Crippen LogP contribution is -2.34. The van der Waals surface area contributed by atoms with Crippen LogP contribution in [0, 0.1) is 34.0 Å². The summed E-state index contributed by atoms with van der Waals surface area (Å²) in [6.07, 6.45) is 3.02. The maximum absolute atomic E-state index is 11.5. The fourth-order valence-corrected chi connectivity index (χ4v) is 5.32. The lowest BCUT2D eigenvalue weighted by atomic mass is 10.00. The average molecular weight is 679 g/mol. The molecule has 0 aromatic rings. The SMILES string of the molecule is CC(C#N)N=NC(C)CCC(=O)OCCC[Si](C)(C)Cl.CC(C)(N)C#N.CC(N)(C#N)CCC(=O)OCCC[Si](C)(C)Cl. The summed E-state index contributed by atoms with van der Waals surface area (Å²) in [6.45, 7) is 17.6. The van der Waals surface area contributed by atoms with Crippen molar-refractivity contribution in [1.82, 2.24) is 0 Å². The molecule has 246 valence electrons. The summed E-state index contributed by atoms with van der Waals surface area (Å²) < 4.78 is 10.2. The van der Waals surface area contributed by atoms with Crippen LogP contribution in [0.25, 0.3) is 0 Å². The Morgan fingerprint density at radius 1 is 0.837 bits per heavy atom. The Kier molecular flexibility index (Phi) is 24.6. The van der Waals surface area contributed by atoms with Gasteiger partial charge < -0.3 is 20.9 Å². The molecule has 0 spiro atoms. The molecule has 0 radical (unpaired) electrons. The summed E-state index contributed by atoms with van der Waals surface area (Å²) in [5.74, 6) is -0.514. The summed E-state index contributed by atoms with van der Waals surface area (Å²) in [6, 6.07) is 7.15. The van der Waals surface area contributed by atoms with Gasteiger partial charge in [0.1, 0.15) is 5.54 Å². The van der Waals surface area contributed by atoms with Crippen molar-refractivity contribution in [3.63, 3.8) is 0 Å². The first-order valence-electron chi connectivity index (χ1n) is 14.4. The Hall–Kier alpha value is -2.06. The number of rotatable bonds is 16. The van der Waals surface area contributed by atoms with E-state index in [9.17, 15) is 9.59 Å². The second kappa shape index (κ2) is 23.3. The molecule has 15 heteroatoms. The van der Waals surface area contributed by atoms with Gasteiger partial charge in [0.2, 0.25) is 0 Å². The zero-order chi connectivity index (χ0) is 34.3. The van der Waals surface area contributed by atoms with Gasteiger partial charge in [0.05, 0.1) is 43.0 Å². The van der Waals surface area contributed by atoms with E-state index in [2.05, 4.69) is 36.4 Å². The Morgan fingerprint density at radius 3 is 1.60 bits per heavy atom. The lowest BCUT2D eigenvalue weighted by molar-refractivity contribution is -0.144. The van der Waals surface area contributed by atoms with Crippen LogP contribution in [0.5, 0.6) is 0 Å². The minimum atomic E-state index is -1.57. The number of nitriles is 3. The highest BCUT2D eigenvalue weighted by Crippen LogP contribution is 2.17. The van der Waals surface area contributed by atoms with Gasteiger partial charge in [-0.25, -0.2) is 0 Å². The zero-order valence-electron chi connectivity index (χ0n) is 27.5. The van der Waals surface area contributed by atoms with E-state index in [1.54, 1.807) is 27.7 Å². The first-order valence-corrected chi connectivity index (χ1v) is 22.8. The molecule has 0 aliphatic rings. The maximum atomic E-state index is 11.5. The maximum Gasteiger partial charge on any atom is 0.305 e. The van der Waals surface area contributed by atoms with Crippen molar-refractivity contribution in [3.05, 3.63) is 0 Å². The third-order valence-electron chi connectivity index (χ3n) is 5.14. The van der Waals surface area contributed by atoms with Crippen LogP contribution in [-0.4, -0.2) is 63.1 Å². The van der Waals surface area contributed by atoms with Gasteiger partial charge in [-0.15, -0.1) is 0 Å². The first kappa shape index (κ1) is 45.4. The smallest absolute Gasteiger partial charge is 0.305 e. The molecule has 3 unspecified atom stereocenters. The van der Waals surface area contributed by atoms with E-state index in [1.165, 1.54) is 0 Å². The fourth-order valence-electron chi connectivity index (χ4n) is 2.54. The minimum absolute atomic E-state index is 0.0764. The van der Waals surface area contributed by atoms with E-state index in [4.69, 9.17) is 58.9 Å². The molecule has 0 bridgehead atoms. The average Bonchev–Trinajstić information content (AvgIpc) is 2.89. The van der Waals surface area contributed by atoms with Gasteiger partial charge in [0.15, 0.2) is 20.8 Å². The number of azo groups is 1. The van der Waals surface area contributed by atoms with E-state index >= 15 is 0 Å². The van der Waals surface area contributed by atoms with Crippen LogP contribution in [0.1, 0.15) is 73.1 Å². The van der Waals surface area contributed by atoms with Crippen molar-refractivity contribution in [2.24, 2.45) is 21.7 Å². The van der Waals surface area contributed by atoms with Crippen LogP contribution in [0.2, 0.25) is 38.3 Å². The number of esters is 2. The Labute approximate surface area is 270 Å². The van der Waals surface area contributed by atoms with Gasteiger partial charge >= 0.3 is 11.9 Å². The summed E-state index contributed by atoms with van der Waals surface area (Å²) >= 11 is 12.3. The molecule has 0 fully saturated rings. The lowest BCUT2D eigenvalue weighted by Gasteiger charge is -2.15. The fraction of sp³-hybridized carbons (Fsp3) is 0.821. The molecule has 0 aromatic heterocycles. The Morgan fingerprint density at radius 2 is 1.26 bits per heavy atom. The van der Waals surface area contributed by atoms with Crippen LogP contribution in [0.3, 0.4) is 0 Å². The molecule has 0 saturated carbocycles. The van der Waals surface area contributed by atoms with E-state index in [-0.39, 0.29) is 24.4 Å². The Balaban J connectivity index is -0.000000631. The summed E-state index contributed by atoms with van der Waals surface area (Å²) in [5.41, 5.74) is 9.16. The van der Waals surface area contributed by atoms with Crippen molar-refractivity contribution in [2.45, 2.75) is 135 Å². The molecule has 0 heterocycles. The van der Waals surface area contributed by atoms with Crippen LogP contribution < -0.4 is 11.5 Å². The molecule has 11 nitrogen and oxygen atoms in total. The second-order valence-electron chi connectivity index (χ2n) is 12.4. The highest BCUT2D eigenvalue weighted by molar-refractivity contribution is 7.19. The summed E-state index contributed by atoms with van der Waals surface area (Å²) in [5, 5.41) is 33.1. The van der Waals surface area contributed by atoms with E-state index in [0.717, 1.165) is 24.9 Å². The number of nitrogens with two attached hydrogens (primary N) is 2. The minimum Gasteiger partial charge on any atom is -0.466 e. The van der Waals surface area contributed by atoms with Gasteiger partial charge in [-0.3, -0.25) is 9.59 Å². The van der Waals surface area contributed by atoms with Gasteiger partial charge in [-0.1, -0.05) is 26.2 Å². The van der Waals surface area contributed by atoms with Gasteiger partial charge in [-0.05, 0) is 72.4 Å². The number of halogens is 2. The molecule has 0 rings (SSSR count). The van der Waals surface area contributed by atoms with Crippen molar-refractivity contribution in [1.29, 1.82) is 15.8 Å². The first-order chi connectivity index (χ1) is 19.5. The molecule has 43 heavy (non-hydrogen) atoms. The second-order valence-corrected chi connectivity index (χ2v) is 26.4. The molecule has 0 aliphatic heterocycles. The highest BCUT2D eigenvalue weighted by Gasteiger charge is 2.20. The van der Waals surface area contributed by atoms with Gasteiger partial charge in [0, 0.05) is 12.8 Å². The van der Waals surface area contributed by atoms with Crippen molar-refractivity contribution in [3.8, 4) is 18.2 Å². The van der Waals surface area contributed by atoms with Crippen molar-refractivity contribution < 1.29 is 19.1 Å². The number of carbonyl (C=O) groups excluding carboxylic acids is 2. The van der Waals surface area contributed by atoms with Gasteiger partial charge in [0.25, 0.3) is 0 Å². The van der Waals surface area contributed by atoms with Crippen molar-refractivity contribution >= 4 is 48.9 Å². The van der Waals surface area contributed by atoms with Crippen LogP contribution in [0.4, 0.5) is 0 Å². The quantitative estimate of drug-likeness (QED) is 0.0598. The molecule has 3 atom stereocenters. The van der Waals surface area contributed by atoms with E-state index < -0.39 is 31.9 Å². The standard InChI is InChI=1S/C13H24ClN3O2Si.C11H21ClN2O2Si.C4H8N2/c1-11(16-17-12(2)10-15)6-7-13(18)19-8-5-9-20(3,4)14;1-11(14,9-13)6-5-10(15)16-7-4-8-17(2,3)12;1-4(2,6)3-5/h11-12H,5-9H2,1-4H3;4-8,14H2,1-3H3;6H2,1-2H3. The molecule has 0 amide bonds. The van der Waals surface area contributed by atoms with Crippen LogP contribution >= 0.6 is 22.2 Å². The van der Waals surface area contributed by atoms with Gasteiger partial charge in [-0.2, -0.15) is 48.2 Å². The molecular weight excluding hydrogens is 625 g/mol. The van der Waals surface area contributed by atoms with Crippen LogP contribution in [-0.2, 0) is 19.1 Å². The molecule has 0 aliphatic carbocycles.